The van der Waals surface area contributed by atoms with Crippen molar-refractivity contribution in [3.63, 3.8) is 0 Å². The van der Waals surface area contributed by atoms with Gasteiger partial charge in [-0.2, -0.15) is 5.10 Å². The van der Waals surface area contributed by atoms with Gasteiger partial charge in [-0.3, -0.25) is 0 Å². The summed E-state index contributed by atoms with van der Waals surface area (Å²) in [5.41, 5.74) is 5.06. The van der Waals surface area contributed by atoms with E-state index in [4.69, 9.17) is 14.0 Å². The number of carboxylic acid groups (broad SMARTS) is 1. The normalized spacial score (nSPS) is 29.1. The maximum Gasteiger partial charge on any atom is 0.495 e. The lowest BCUT2D eigenvalue weighted by Crippen LogP contribution is -2.49. The number of rotatable bonds is 2. The average molecular weight is 484 g/mol. The molecule has 0 aromatic heterocycles. The second-order valence-corrected chi connectivity index (χ2v) is 11.0. The number of nitrogens with one attached hydrogen (secondary N) is 1. The van der Waals surface area contributed by atoms with E-state index in [0.29, 0.717) is 25.3 Å². The summed E-state index contributed by atoms with van der Waals surface area (Å²) in [6.45, 7) is 11.4. The standard InChI is InChI=1S/C24H33BN4O6/c1-13-11-29(22(31)32)8-7-14(13)15-9-16-19(33-12-18-20(16)28(6)21(30)27-26-18)10-17(15)25-34-23(2,3)24(4,5)35-25/h9-10,13-14,20H,7-8,11-12H2,1-6H3,(H,27,30)(H,31,32)/t13-,14+,20+/m0/s1. The Labute approximate surface area is 205 Å². The van der Waals surface area contributed by atoms with Crippen molar-refractivity contribution >= 4 is 30.4 Å². The SMILES string of the molecule is C[C@H]1CN(C(=O)O)CC[C@H]1c1cc2c(cc1B1OC(C)(C)C(C)(C)O1)OCC1=NNC(=O)N(C)[C@@H]12. The lowest BCUT2D eigenvalue weighted by Gasteiger charge is -2.39. The Morgan fingerprint density at radius 1 is 1.20 bits per heavy atom. The predicted molar refractivity (Wildman–Crippen MR) is 130 cm³/mol. The third kappa shape index (κ3) is 3.85. The zero-order valence-corrected chi connectivity index (χ0v) is 21.1. The monoisotopic (exact) mass is 484 g/mol. The molecule has 0 saturated carbocycles. The van der Waals surface area contributed by atoms with E-state index in [1.165, 1.54) is 4.90 Å². The van der Waals surface area contributed by atoms with Crippen LogP contribution in [-0.2, 0) is 9.31 Å². The van der Waals surface area contributed by atoms with Crippen LogP contribution in [0.4, 0.5) is 9.59 Å². The van der Waals surface area contributed by atoms with Crippen molar-refractivity contribution in [1.29, 1.82) is 0 Å². The molecule has 10 nitrogen and oxygen atoms in total. The smallest absolute Gasteiger partial charge is 0.487 e. The second-order valence-electron chi connectivity index (χ2n) is 11.0. The molecular formula is C24H33BN4O6. The summed E-state index contributed by atoms with van der Waals surface area (Å²) in [5.74, 6) is 0.860. The number of nitrogens with zero attached hydrogens (tertiary/aromatic N) is 3. The Bertz CT molecular complexity index is 1090. The quantitative estimate of drug-likeness (QED) is 0.624. The highest BCUT2D eigenvalue weighted by Crippen LogP contribution is 2.42. The summed E-state index contributed by atoms with van der Waals surface area (Å²) in [6.07, 6.45) is -0.210. The number of urea groups is 1. The molecule has 4 heterocycles. The molecule has 3 amide bonds. The molecule has 2 saturated heterocycles. The van der Waals surface area contributed by atoms with E-state index < -0.39 is 24.4 Å². The highest BCUT2D eigenvalue weighted by atomic mass is 16.7. The van der Waals surface area contributed by atoms with E-state index in [9.17, 15) is 14.7 Å². The van der Waals surface area contributed by atoms with Crippen LogP contribution in [0.25, 0.3) is 0 Å². The van der Waals surface area contributed by atoms with Gasteiger partial charge in [-0.15, -0.1) is 0 Å². The van der Waals surface area contributed by atoms with Crippen LogP contribution in [0, 0.1) is 5.92 Å². The molecule has 11 heteroatoms. The largest absolute Gasteiger partial charge is 0.495 e. The Hall–Kier alpha value is -2.79. The van der Waals surface area contributed by atoms with Crippen molar-refractivity contribution < 1.29 is 28.7 Å². The van der Waals surface area contributed by atoms with Gasteiger partial charge in [0.25, 0.3) is 0 Å². The fourth-order valence-electron chi connectivity index (χ4n) is 5.50. The van der Waals surface area contributed by atoms with Crippen molar-refractivity contribution in [1.82, 2.24) is 15.2 Å². The number of ether oxygens (including phenoxy) is 1. The molecule has 0 spiro atoms. The summed E-state index contributed by atoms with van der Waals surface area (Å²) in [5, 5.41) is 13.7. The van der Waals surface area contributed by atoms with Gasteiger partial charge in [0, 0.05) is 25.7 Å². The molecule has 0 bridgehead atoms. The third-order valence-corrected chi connectivity index (χ3v) is 8.29. The Morgan fingerprint density at radius 3 is 2.51 bits per heavy atom. The summed E-state index contributed by atoms with van der Waals surface area (Å²) in [7, 11) is 1.16. The molecule has 1 aromatic carbocycles. The van der Waals surface area contributed by atoms with Crippen molar-refractivity contribution in [2.75, 3.05) is 26.7 Å². The minimum atomic E-state index is -0.893. The van der Waals surface area contributed by atoms with Gasteiger partial charge in [-0.1, -0.05) is 6.92 Å². The van der Waals surface area contributed by atoms with Gasteiger partial charge in [0.2, 0.25) is 0 Å². The van der Waals surface area contributed by atoms with Gasteiger partial charge in [0.1, 0.15) is 24.1 Å². The van der Waals surface area contributed by atoms with E-state index in [0.717, 1.165) is 22.3 Å². The second kappa shape index (κ2) is 8.13. The topological polar surface area (TPSA) is 113 Å². The first-order valence-corrected chi connectivity index (χ1v) is 12.1. The molecule has 35 heavy (non-hydrogen) atoms. The Kier molecular flexibility index (Phi) is 5.56. The zero-order valence-electron chi connectivity index (χ0n) is 21.1. The highest BCUT2D eigenvalue weighted by molar-refractivity contribution is 6.62. The van der Waals surface area contributed by atoms with E-state index >= 15 is 0 Å². The molecule has 0 aliphatic carbocycles. The molecule has 0 unspecified atom stereocenters. The Balaban J connectivity index is 1.61. The molecule has 2 fully saturated rings. The summed E-state index contributed by atoms with van der Waals surface area (Å²) < 4.78 is 19.0. The first-order chi connectivity index (χ1) is 16.4. The van der Waals surface area contributed by atoms with Crippen LogP contribution >= 0.6 is 0 Å². The van der Waals surface area contributed by atoms with Gasteiger partial charge in [-0.25, -0.2) is 15.0 Å². The van der Waals surface area contributed by atoms with Gasteiger partial charge < -0.3 is 29.0 Å². The number of hydrogen-bond acceptors (Lipinski definition) is 6. The summed E-state index contributed by atoms with van der Waals surface area (Å²) in [6, 6.07) is 3.49. The van der Waals surface area contributed by atoms with Crippen LogP contribution < -0.4 is 15.6 Å². The minimum Gasteiger partial charge on any atom is -0.487 e. The number of carbonyl (C=O) groups is 2. The maximum atomic E-state index is 12.4. The maximum absolute atomic E-state index is 12.4. The van der Waals surface area contributed by atoms with Crippen LogP contribution in [0.3, 0.4) is 0 Å². The number of benzene rings is 1. The first kappa shape index (κ1) is 23.9. The van der Waals surface area contributed by atoms with Crippen LogP contribution in [-0.4, -0.2) is 77.8 Å². The number of hydrogen-bond donors (Lipinski definition) is 2. The summed E-state index contributed by atoms with van der Waals surface area (Å²) >= 11 is 0. The molecule has 4 aliphatic rings. The van der Waals surface area contributed by atoms with Crippen LogP contribution in [0.5, 0.6) is 5.75 Å². The number of fused-ring (bicyclic) bond motifs is 3. The van der Waals surface area contributed by atoms with Gasteiger partial charge in [0.05, 0.1) is 11.2 Å². The average Bonchev–Trinajstić information content (AvgIpc) is 3.01. The van der Waals surface area contributed by atoms with Crippen LogP contribution in [0.15, 0.2) is 17.2 Å². The number of carbonyl (C=O) groups excluding carboxylic acids is 1. The number of amides is 3. The van der Waals surface area contributed by atoms with E-state index in [1.54, 1.807) is 11.9 Å². The first-order valence-electron chi connectivity index (χ1n) is 12.1. The molecule has 5 rings (SSSR count). The summed E-state index contributed by atoms with van der Waals surface area (Å²) in [4.78, 5) is 27.1. The molecule has 188 valence electrons. The molecule has 0 radical (unpaired) electrons. The molecule has 3 atom stereocenters. The minimum absolute atomic E-state index is 0.0871. The molecule has 4 aliphatic heterocycles. The Morgan fingerprint density at radius 2 is 1.89 bits per heavy atom. The van der Waals surface area contributed by atoms with Gasteiger partial charge >= 0.3 is 19.2 Å². The fourth-order valence-corrected chi connectivity index (χ4v) is 5.50. The predicted octanol–water partition coefficient (Wildman–Crippen LogP) is 2.53. The van der Waals surface area contributed by atoms with Gasteiger partial charge in [-0.05, 0) is 69.1 Å². The van der Waals surface area contributed by atoms with E-state index in [-0.39, 0.29) is 30.5 Å². The molecular weight excluding hydrogens is 451 g/mol. The van der Waals surface area contributed by atoms with Gasteiger partial charge in [0.15, 0.2) is 0 Å². The zero-order chi connectivity index (χ0) is 25.3. The highest BCUT2D eigenvalue weighted by Gasteiger charge is 2.53. The van der Waals surface area contributed by atoms with Crippen molar-refractivity contribution in [3.8, 4) is 5.75 Å². The van der Waals surface area contributed by atoms with Crippen molar-refractivity contribution in [2.24, 2.45) is 11.0 Å². The lowest BCUT2D eigenvalue weighted by atomic mass is 9.68. The molecule has 2 N–H and O–H groups in total. The van der Waals surface area contributed by atoms with E-state index in [1.807, 2.05) is 33.8 Å². The number of piperidine rings is 1. The number of likely N-dealkylation sites (tertiary alicyclic amines) is 1. The molecule has 1 aromatic rings. The van der Waals surface area contributed by atoms with Crippen LogP contribution in [0.2, 0.25) is 0 Å². The fraction of sp³-hybridized carbons (Fsp3) is 0.625. The van der Waals surface area contributed by atoms with Crippen molar-refractivity contribution in [2.45, 2.75) is 64.2 Å². The lowest BCUT2D eigenvalue weighted by molar-refractivity contribution is 0.00578. The number of hydrazone groups is 1. The van der Waals surface area contributed by atoms with Crippen molar-refractivity contribution in [3.05, 3.63) is 23.3 Å². The third-order valence-electron chi connectivity index (χ3n) is 8.29. The van der Waals surface area contributed by atoms with Crippen LogP contribution in [0.1, 0.15) is 64.1 Å². The van der Waals surface area contributed by atoms with E-state index in [2.05, 4.69) is 23.5 Å².